The topological polar surface area (TPSA) is 42.0 Å². The minimum atomic E-state index is -0.303. The van der Waals surface area contributed by atoms with Crippen LogP contribution in [0.2, 0.25) is 0 Å². The molecule has 0 saturated carbocycles. The SMILES string of the molecule is CNC(=O)c1cnc(/C=C/c2cc(Br)ccc2F)s1. The van der Waals surface area contributed by atoms with Crippen LogP contribution in [0.25, 0.3) is 12.2 Å². The number of rotatable bonds is 3. The molecule has 0 aliphatic carbocycles. The Kier molecular flexibility index (Phi) is 4.44. The third-order valence-corrected chi connectivity index (χ3v) is 3.79. The van der Waals surface area contributed by atoms with Crippen molar-refractivity contribution >= 4 is 45.3 Å². The lowest BCUT2D eigenvalue weighted by atomic mass is 10.2. The predicted octanol–water partition coefficient (Wildman–Crippen LogP) is 3.57. The molecule has 0 spiro atoms. The first-order valence-corrected chi connectivity index (χ1v) is 7.02. The van der Waals surface area contributed by atoms with Crippen molar-refractivity contribution in [3.8, 4) is 0 Å². The van der Waals surface area contributed by atoms with E-state index in [0.717, 1.165) is 4.47 Å². The van der Waals surface area contributed by atoms with Gasteiger partial charge in [0.15, 0.2) is 0 Å². The Morgan fingerprint density at radius 3 is 3.00 bits per heavy atom. The van der Waals surface area contributed by atoms with Crippen molar-refractivity contribution in [2.75, 3.05) is 7.05 Å². The maximum absolute atomic E-state index is 13.5. The highest BCUT2D eigenvalue weighted by molar-refractivity contribution is 9.10. The van der Waals surface area contributed by atoms with E-state index in [1.807, 2.05) is 0 Å². The summed E-state index contributed by atoms with van der Waals surface area (Å²) >= 11 is 4.54. The first-order chi connectivity index (χ1) is 9.10. The lowest BCUT2D eigenvalue weighted by molar-refractivity contribution is 0.0967. The number of hydrogen-bond acceptors (Lipinski definition) is 3. The summed E-state index contributed by atoms with van der Waals surface area (Å²) in [5.74, 6) is -0.478. The van der Waals surface area contributed by atoms with Crippen LogP contribution in [-0.4, -0.2) is 17.9 Å². The van der Waals surface area contributed by atoms with Gasteiger partial charge in [0.25, 0.3) is 5.91 Å². The highest BCUT2D eigenvalue weighted by atomic mass is 79.9. The first kappa shape index (κ1) is 13.9. The van der Waals surface area contributed by atoms with Gasteiger partial charge in [0, 0.05) is 17.1 Å². The summed E-state index contributed by atoms with van der Waals surface area (Å²) in [6.07, 6.45) is 4.81. The average Bonchev–Trinajstić information content (AvgIpc) is 2.88. The number of benzene rings is 1. The van der Waals surface area contributed by atoms with Gasteiger partial charge in [-0.1, -0.05) is 15.9 Å². The highest BCUT2D eigenvalue weighted by Gasteiger charge is 2.07. The van der Waals surface area contributed by atoms with E-state index in [1.165, 1.54) is 23.6 Å². The van der Waals surface area contributed by atoms with E-state index in [-0.39, 0.29) is 11.7 Å². The lowest BCUT2D eigenvalue weighted by Gasteiger charge is -1.96. The van der Waals surface area contributed by atoms with Gasteiger partial charge in [-0.2, -0.15) is 0 Å². The normalized spacial score (nSPS) is 10.9. The molecule has 0 radical (unpaired) electrons. The Bertz CT molecular complexity index is 639. The van der Waals surface area contributed by atoms with E-state index in [9.17, 15) is 9.18 Å². The number of carbonyl (C=O) groups is 1. The van der Waals surface area contributed by atoms with E-state index in [2.05, 4.69) is 26.2 Å². The van der Waals surface area contributed by atoms with Crippen LogP contribution in [0.3, 0.4) is 0 Å². The van der Waals surface area contributed by atoms with Gasteiger partial charge in [-0.25, -0.2) is 9.37 Å². The number of hydrogen-bond donors (Lipinski definition) is 1. The van der Waals surface area contributed by atoms with Gasteiger partial charge >= 0.3 is 0 Å². The highest BCUT2D eigenvalue weighted by Crippen LogP contribution is 2.20. The number of amides is 1. The average molecular weight is 341 g/mol. The Balaban J connectivity index is 2.20. The largest absolute Gasteiger partial charge is 0.354 e. The van der Waals surface area contributed by atoms with E-state index < -0.39 is 0 Å². The molecular weight excluding hydrogens is 331 g/mol. The molecule has 0 bridgehead atoms. The molecule has 2 rings (SSSR count). The quantitative estimate of drug-likeness (QED) is 0.927. The minimum Gasteiger partial charge on any atom is -0.354 e. The minimum absolute atomic E-state index is 0.175. The van der Waals surface area contributed by atoms with Gasteiger partial charge in [-0.05, 0) is 30.4 Å². The fourth-order valence-electron chi connectivity index (χ4n) is 1.40. The maximum Gasteiger partial charge on any atom is 0.262 e. The van der Waals surface area contributed by atoms with Crippen molar-refractivity contribution in [3.63, 3.8) is 0 Å². The molecule has 0 aliphatic heterocycles. The second-order valence-corrected chi connectivity index (χ2v) is 5.62. The Morgan fingerprint density at radius 2 is 2.26 bits per heavy atom. The van der Waals surface area contributed by atoms with Gasteiger partial charge in [-0.3, -0.25) is 4.79 Å². The Hall–Kier alpha value is -1.53. The third-order valence-electron chi connectivity index (χ3n) is 2.34. The van der Waals surface area contributed by atoms with Crippen LogP contribution in [0.4, 0.5) is 4.39 Å². The van der Waals surface area contributed by atoms with Crippen molar-refractivity contribution < 1.29 is 9.18 Å². The molecule has 2 aromatic rings. The smallest absolute Gasteiger partial charge is 0.262 e. The Labute approximate surface area is 122 Å². The summed E-state index contributed by atoms with van der Waals surface area (Å²) in [6, 6.07) is 4.71. The first-order valence-electron chi connectivity index (χ1n) is 5.41. The number of aromatic nitrogens is 1. The molecule has 98 valence electrons. The summed E-state index contributed by atoms with van der Waals surface area (Å²) in [7, 11) is 1.56. The summed E-state index contributed by atoms with van der Waals surface area (Å²) in [5, 5.41) is 3.18. The van der Waals surface area contributed by atoms with Crippen LogP contribution in [0.1, 0.15) is 20.2 Å². The van der Waals surface area contributed by atoms with E-state index in [1.54, 1.807) is 31.3 Å². The van der Waals surface area contributed by atoms with Crippen LogP contribution in [0, 0.1) is 5.82 Å². The zero-order valence-corrected chi connectivity index (χ0v) is 12.4. The van der Waals surface area contributed by atoms with Gasteiger partial charge in [0.2, 0.25) is 0 Å². The number of halogens is 2. The van der Waals surface area contributed by atoms with Crippen molar-refractivity contribution in [1.29, 1.82) is 0 Å². The standard InChI is InChI=1S/C13H10BrFN2OS/c1-16-13(18)11-7-17-12(19-11)5-2-8-6-9(14)3-4-10(8)15/h2-7H,1H3,(H,16,18)/b5-2+. The maximum atomic E-state index is 13.5. The number of nitrogens with one attached hydrogen (secondary N) is 1. The Morgan fingerprint density at radius 1 is 1.47 bits per heavy atom. The predicted molar refractivity (Wildman–Crippen MR) is 78.5 cm³/mol. The molecule has 0 unspecified atom stereocenters. The molecule has 1 amide bonds. The zero-order valence-electron chi connectivity index (χ0n) is 9.98. The lowest BCUT2D eigenvalue weighted by Crippen LogP contribution is -2.16. The molecule has 0 saturated heterocycles. The van der Waals surface area contributed by atoms with Gasteiger partial charge < -0.3 is 5.32 Å². The fourth-order valence-corrected chi connectivity index (χ4v) is 2.54. The van der Waals surface area contributed by atoms with Crippen LogP contribution in [0.15, 0.2) is 28.9 Å². The molecule has 1 heterocycles. The molecule has 19 heavy (non-hydrogen) atoms. The molecule has 0 fully saturated rings. The summed E-state index contributed by atoms with van der Waals surface area (Å²) in [4.78, 5) is 16.0. The van der Waals surface area contributed by atoms with Crippen molar-refractivity contribution in [3.05, 3.63) is 50.1 Å². The second-order valence-electron chi connectivity index (χ2n) is 3.64. The molecule has 0 aliphatic rings. The summed E-state index contributed by atoms with van der Waals surface area (Å²) < 4.78 is 14.3. The van der Waals surface area contributed by atoms with Crippen LogP contribution in [-0.2, 0) is 0 Å². The van der Waals surface area contributed by atoms with E-state index in [0.29, 0.717) is 15.4 Å². The van der Waals surface area contributed by atoms with Gasteiger partial charge in [0.05, 0.1) is 6.20 Å². The molecular formula is C13H10BrFN2OS. The molecule has 0 atom stereocenters. The van der Waals surface area contributed by atoms with Crippen molar-refractivity contribution in [2.24, 2.45) is 0 Å². The molecule has 1 aromatic heterocycles. The van der Waals surface area contributed by atoms with E-state index >= 15 is 0 Å². The summed E-state index contributed by atoms with van der Waals surface area (Å²) in [5.41, 5.74) is 0.464. The molecule has 6 heteroatoms. The van der Waals surface area contributed by atoms with Crippen LogP contribution < -0.4 is 5.32 Å². The second kappa shape index (κ2) is 6.08. The molecule has 1 aromatic carbocycles. The number of nitrogens with zero attached hydrogens (tertiary/aromatic N) is 1. The van der Waals surface area contributed by atoms with Gasteiger partial charge in [0.1, 0.15) is 15.7 Å². The van der Waals surface area contributed by atoms with Crippen molar-refractivity contribution in [2.45, 2.75) is 0 Å². The number of thiazole rings is 1. The zero-order chi connectivity index (χ0) is 13.8. The summed E-state index contributed by atoms with van der Waals surface area (Å²) in [6.45, 7) is 0. The van der Waals surface area contributed by atoms with Crippen LogP contribution >= 0.6 is 27.3 Å². The monoisotopic (exact) mass is 340 g/mol. The fraction of sp³-hybridized carbons (Fsp3) is 0.0769. The van der Waals surface area contributed by atoms with Crippen molar-refractivity contribution in [1.82, 2.24) is 10.3 Å². The van der Waals surface area contributed by atoms with E-state index in [4.69, 9.17) is 0 Å². The van der Waals surface area contributed by atoms with Gasteiger partial charge in [-0.15, -0.1) is 11.3 Å². The molecule has 3 nitrogen and oxygen atoms in total. The molecule has 1 N–H and O–H groups in total. The van der Waals surface area contributed by atoms with Crippen LogP contribution in [0.5, 0.6) is 0 Å². The number of carbonyl (C=O) groups excluding carboxylic acids is 1. The third kappa shape index (κ3) is 3.48.